The number of anilines is 3. The largest absolute Gasteiger partial charge is 0.338 e. The van der Waals surface area contributed by atoms with Crippen molar-refractivity contribution in [3.8, 4) is 0 Å². The molecule has 0 aliphatic carbocycles. The van der Waals surface area contributed by atoms with Gasteiger partial charge in [0.05, 0.1) is 24.1 Å². The van der Waals surface area contributed by atoms with E-state index in [9.17, 15) is 9.59 Å². The van der Waals surface area contributed by atoms with Gasteiger partial charge in [0.2, 0.25) is 0 Å². The average Bonchev–Trinajstić information content (AvgIpc) is 3.16. The van der Waals surface area contributed by atoms with Crippen molar-refractivity contribution in [1.82, 2.24) is 24.9 Å². The lowest BCUT2D eigenvalue weighted by molar-refractivity contribution is 0.0985. The van der Waals surface area contributed by atoms with Gasteiger partial charge < -0.3 is 20.4 Å². The monoisotopic (exact) mass is 535 g/mol. The van der Waals surface area contributed by atoms with Gasteiger partial charge in [-0.1, -0.05) is 24.6 Å². The van der Waals surface area contributed by atoms with E-state index < -0.39 is 0 Å². The summed E-state index contributed by atoms with van der Waals surface area (Å²) in [5.74, 6) is 0.716. The van der Waals surface area contributed by atoms with E-state index in [4.69, 9.17) is 11.6 Å². The van der Waals surface area contributed by atoms with Crippen LogP contribution in [0.25, 0.3) is 0 Å². The minimum Gasteiger partial charge on any atom is -0.338 e. The van der Waals surface area contributed by atoms with Crippen molar-refractivity contribution in [2.45, 2.75) is 33.4 Å². The highest BCUT2D eigenvalue weighted by atomic mass is 35.5. The Morgan fingerprint density at radius 3 is 2.63 bits per heavy atom. The SMILES string of the molecule is CCCN1CCN(C(=O)NCc2ccc(C(=O)N3Cc4cnn(C)c4Nc4cc(Cl)ccc43)cc2C)CC1. The first kappa shape index (κ1) is 26.1. The number of carbonyl (C=O) groups is 2. The van der Waals surface area contributed by atoms with Crippen molar-refractivity contribution in [3.63, 3.8) is 0 Å². The Balaban J connectivity index is 1.29. The van der Waals surface area contributed by atoms with Crippen LogP contribution in [0.1, 0.15) is 40.4 Å². The molecule has 5 rings (SSSR count). The number of hydrogen-bond donors (Lipinski definition) is 2. The fraction of sp³-hybridized carbons (Fsp3) is 0.393. The smallest absolute Gasteiger partial charge is 0.317 e. The Kier molecular flexibility index (Phi) is 7.58. The van der Waals surface area contributed by atoms with Crippen molar-refractivity contribution >= 4 is 40.7 Å². The molecule has 2 N–H and O–H groups in total. The van der Waals surface area contributed by atoms with Gasteiger partial charge in [-0.05, 0) is 61.3 Å². The van der Waals surface area contributed by atoms with Gasteiger partial charge in [-0.2, -0.15) is 5.10 Å². The maximum Gasteiger partial charge on any atom is 0.317 e. The summed E-state index contributed by atoms with van der Waals surface area (Å²) < 4.78 is 1.76. The topological polar surface area (TPSA) is 85.7 Å². The third-order valence-electron chi connectivity index (χ3n) is 7.31. The van der Waals surface area contributed by atoms with Crippen molar-refractivity contribution in [2.24, 2.45) is 7.05 Å². The number of halogens is 1. The lowest BCUT2D eigenvalue weighted by atomic mass is 10.0. The quantitative estimate of drug-likeness (QED) is 0.501. The van der Waals surface area contributed by atoms with E-state index >= 15 is 0 Å². The highest BCUT2D eigenvalue weighted by Crippen LogP contribution is 2.38. The number of rotatable bonds is 5. The van der Waals surface area contributed by atoms with Gasteiger partial charge in [0.25, 0.3) is 5.91 Å². The summed E-state index contributed by atoms with van der Waals surface area (Å²) in [6, 6.07) is 11.1. The summed E-state index contributed by atoms with van der Waals surface area (Å²) in [7, 11) is 1.86. The van der Waals surface area contributed by atoms with E-state index in [-0.39, 0.29) is 11.9 Å². The summed E-state index contributed by atoms with van der Waals surface area (Å²) in [5.41, 5.74) is 4.94. The highest BCUT2D eigenvalue weighted by Gasteiger charge is 2.27. The van der Waals surface area contributed by atoms with Crippen molar-refractivity contribution in [1.29, 1.82) is 0 Å². The first-order chi connectivity index (χ1) is 18.3. The van der Waals surface area contributed by atoms with Crippen LogP contribution < -0.4 is 15.5 Å². The van der Waals surface area contributed by atoms with E-state index in [0.29, 0.717) is 23.7 Å². The van der Waals surface area contributed by atoms with E-state index in [1.165, 1.54) is 0 Å². The van der Waals surface area contributed by atoms with Gasteiger partial charge in [0, 0.05) is 55.9 Å². The highest BCUT2D eigenvalue weighted by molar-refractivity contribution is 6.31. The minimum absolute atomic E-state index is 0.0414. The molecule has 3 heterocycles. The Hall–Kier alpha value is -3.56. The molecule has 0 bridgehead atoms. The second kappa shape index (κ2) is 11.0. The zero-order valence-corrected chi connectivity index (χ0v) is 22.9. The number of benzene rings is 2. The molecule has 1 saturated heterocycles. The van der Waals surface area contributed by atoms with Crippen LogP contribution in [0.5, 0.6) is 0 Å². The molecule has 1 fully saturated rings. The third kappa shape index (κ3) is 5.35. The molecule has 3 aromatic rings. The zero-order valence-electron chi connectivity index (χ0n) is 22.1. The predicted octanol–water partition coefficient (Wildman–Crippen LogP) is 4.52. The average molecular weight is 536 g/mol. The lowest BCUT2D eigenvalue weighted by Gasteiger charge is -2.34. The van der Waals surface area contributed by atoms with Crippen LogP contribution in [0.4, 0.5) is 22.0 Å². The predicted molar refractivity (Wildman–Crippen MR) is 150 cm³/mol. The first-order valence-corrected chi connectivity index (χ1v) is 13.5. The minimum atomic E-state index is -0.115. The van der Waals surface area contributed by atoms with Gasteiger partial charge in [-0.15, -0.1) is 0 Å². The molecule has 0 saturated carbocycles. The molecule has 0 atom stereocenters. The van der Waals surface area contributed by atoms with Crippen LogP contribution in [-0.4, -0.2) is 64.2 Å². The van der Waals surface area contributed by atoms with E-state index in [1.54, 1.807) is 21.8 Å². The fourth-order valence-corrected chi connectivity index (χ4v) is 5.30. The molecule has 0 spiro atoms. The molecular formula is C28H34ClN7O2. The summed E-state index contributed by atoms with van der Waals surface area (Å²) in [4.78, 5) is 32.5. The maximum absolute atomic E-state index is 13.8. The summed E-state index contributed by atoms with van der Waals surface area (Å²) in [6.45, 7) is 9.35. The van der Waals surface area contributed by atoms with Crippen LogP contribution in [0.3, 0.4) is 0 Å². The molecular weight excluding hydrogens is 502 g/mol. The number of urea groups is 1. The molecule has 3 amide bonds. The zero-order chi connectivity index (χ0) is 26.8. The van der Waals surface area contributed by atoms with Crippen LogP contribution in [0.15, 0.2) is 42.6 Å². The van der Waals surface area contributed by atoms with Crippen LogP contribution >= 0.6 is 11.6 Å². The molecule has 0 radical (unpaired) electrons. The number of piperazine rings is 1. The van der Waals surface area contributed by atoms with Crippen LogP contribution in [-0.2, 0) is 20.1 Å². The van der Waals surface area contributed by atoms with Gasteiger partial charge in [-0.25, -0.2) is 4.79 Å². The standard InChI is InChI=1S/C28H34ClN7O2/c1-4-9-34-10-12-35(13-11-34)28(38)30-16-21-6-5-20(14-19(21)2)27(37)36-18-22-17-31-33(3)26(22)32-24-15-23(29)7-8-25(24)36/h5-8,14-15,17,32H,4,9-13,16,18H2,1-3H3,(H,30,38). The first-order valence-electron chi connectivity index (χ1n) is 13.1. The van der Waals surface area contributed by atoms with Gasteiger partial charge in [0.15, 0.2) is 0 Å². The number of hydrogen-bond acceptors (Lipinski definition) is 5. The normalized spacial score (nSPS) is 15.4. The molecule has 2 aromatic carbocycles. The Bertz CT molecular complexity index is 1350. The third-order valence-corrected chi connectivity index (χ3v) is 7.54. The van der Waals surface area contributed by atoms with Crippen LogP contribution in [0.2, 0.25) is 5.02 Å². The Labute approximate surface area is 228 Å². The fourth-order valence-electron chi connectivity index (χ4n) is 5.12. The number of fused-ring (bicyclic) bond motifs is 2. The van der Waals surface area contributed by atoms with Crippen molar-refractivity contribution in [3.05, 3.63) is 69.9 Å². The second-order valence-electron chi connectivity index (χ2n) is 9.95. The maximum atomic E-state index is 13.8. The van der Waals surface area contributed by atoms with Crippen molar-refractivity contribution < 1.29 is 9.59 Å². The lowest BCUT2D eigenvalue weighted by Crippen LogP contribution is -2.51. The summed E-state index contributed by atoms with van der Waals surface area (Å²) in [5, 5.41) is 11.4. The van der Waals surface area contributed by atoms with Gasteiger partial charge in [0.1, 0.15) is 5.82 Å². The van der Waals surface area contributed by atoms with Crippen LogP contribution in [0, 0.1) is 6.92 Å². The molecule has 0 unspecified atom stereocenters. The van der Waals surface area contributed by atoms with Gasteiger partial charge in [-0.3, -0.25) is 14.4 Å². The Morgan fingerprint density at radius 1 is 1.11 bits per heavy atom. The Morgan fingerprint density at radius 2 is 1.89 bits per heavy atom. The van der Waals surface area contributed by atoms with E-state index in [1.807, 2.05) is 49.2 Å². The summed E-state index contributed by atoms with van der Waals surface area (Å²) >= 11 is 6.27. The molecule has 2 aliphatic heterocycles. The molecule has 1 aromatic heterocycles. The molecule has 2 aliphatic rings. The molecule has 9 nitrogen and oxygen atoms in total. The number of aryl methyl sites for hydroxylation is 2. The molecule has 38 heavy (non-hydrogen) atoms. The van der Waals surface area contributed by atoms with E-state index in [2.05, 4.69) is 27.6 Å². The number of carbonyl (C=O) groups excluding carboxylic acids is 2. The van der Waals surface area contributed by atoms with E-state index in [0.717, 1.165) is 73.0 Å². The molecule has 200 valence electrons. The molecule has 10 heteroatoms. The number of nitrogens with zero attached hydrogens (tertiary/aromatic N) is 5. The number of nitrogens with one attached hydrogen (secondary N) is 2. The van der Waals surface area contributed by atoms with Gasteiger partial charge >= 0.3 is 6.03 Å². The number of aromatic nitrogens is 2. The van der Waals surface area contributed by atoms with Crippen molar-refractivity contribution in [2.75, 3.05) is 42.9 Å². The second-order valence-corrected chi connectivity index (χ2v) is 10.4. The number of amides is 3. The summed E-state index contributed by atoms with van der Waals surface area (Å²) in [6.07, 6.45) is 2.90.